The van der Waals surface area contributed by atoms with E-state index >= 15 is 0 Å². The maximum atomic E-state index is 3.85. The predicted molar refractivity (Wildman–Crippen MR) is 90.1 cm³/mol. The Hall–Kier alpha value is -1.42. The van der Waals surface area contributed by atoms with E-state index in [0.29, 0.717) is 12.0 Å². The van der Waals surface area contributed by atoms with Gasteiger partial charge in [0.25, 0.3) is 0 Å². The van der Waals surface area contributed by atoms with E-state index in [4.69, 9.17) is 0 Å². The average molecular weight is 285 g/mol. The molecule has 0 spiro atoms. The summed E-state index contributed by atoms with van der Waals surface area (Å²) >= 11 is 0. The number of hydrogen-bond acceptors (Lipinski definition) is 3. The van der Waals surface area contributed by atoms with Gasteiger partial charge in [-0.05, 0) is 30.5 Å². The molecule has 2 atom stereocenters. The molecule has 0 bridgehead atoms. The van der Waals surface area contributed by atoms with Gasteiger partial charge in [0.15, 0.2) is 0 Å². The molecule has 0 aliphatic carbocycles. The van der Waals surface area contributed by atoms with Crippen molar-refractivity contribution in [2.75, 3.05) is 26.2 Å². The monoisotopic (exact) mass is 285 g/mol. The third kappa shape index (κ3) is 4.03. The molecule has 1 aliphatic rings. The van der Waals surface area contributed by atoms with Crippen LogP contribution in [0.1, 0.15) is 22.7 Å². The Balaban J connectivity index is 2.09. The fourth-order valence-electron chi connectivity index (χ4n) is 2.94. The largest absolute Gasteiger partial charge is 0.296 e. The van der Waals surface area contributed by atoms with Crippen LogP contribution < -0.4 is 10.9 Å². The number of rotatable bonds is 7. The molecule has 3 nitrogen and oxygen atoms in total. The van der Waals surface area contributed by atoms with Gasteiger partial charge in [-0.1, -0.05) is 30.4 Å². The summed E-state index contributed by atoms with van der Waals surface area (Å²) in [6.07, 6.45) is 3.93. The van der Waals surface area contributed by atoms with E-state index in [9.17, 15) is 0 Å². The molecule has 21 heavy (non-hydrogen) atoms. The summed E-state index contributed by atoms with van der Waals surface area (Å²) in [5.74, 6) is 0.548. The first kappa shape index (κ1) is 16.0. The molecule has 0 aromatic heterocycles. The van der Waals surface area contributed by atoms with Crippen molar-refractivity contribution in [1.29, 1.82) is 0 Å². The molecule has 3 heteroatoms. The van der Waals surface area contributed by atoms with Crippen LogP contribution in [0.5, 0.6) is 0 Å². The summed E-state index contributed by atoms with van der Waals surface area (Å²) in [5, 5.41) is 0. The minimum atomic E-state index is 0.362. The number of hydrazine groups is 1. The van der Waals surface area contributed by atoms with Crippen LogP contribution in [0.4, 0.5) is 0 Å². The summed E-state index contributed by atoms with van der Waals surface area (Å²) in [6, 6.07) is 7.12. The van der Waals surface area contributed by atoms with E-state index in [1.54, 1.807) is 0 Å². The minimum Gasteiger partial charge on any atom is -0.296 e. The predicted octanol–water partition coefficient (Wildman–Crippen LogP) is 2.74. The van der Waals surface area contributed by atoms with Gasteiger partial charge >= 0.3 is 0 Å². The normalized spacial score (nSPS) is 21.7. The van der Waals surface area contributed by atoms with Crippen molar-refractivity contribution in [2.24, 2.45) is 5.92 Å². The quantitative estimate of drug-likeness (QED) is 0.754. The summed E-state index contributed by atoms with van der Waals surface area (Å²) in [7, 11) is 0. The van der Waals surface area contributed by atoms with Gasteiger partial charge in [-0.3, -0.25) is 10.3 Å². The first-order valence-corrected chi connectivity index (χ1v) is 7.65. The zero-order valence-corrected chi connectivity index (χ0v) is 13.2. The molecule has 2 rings (SSSR count). The molecular weight excluding hydrogens is 258 g/mol. The van der Waals surface area contributed by atoms with Gasteiger partial charge < -0.3 is 0 Å². The van der Waals surface area contributed by atoms with Crippen LogP contribution in [0.25, 0.3) is 0 Å². The van der Waals surface area contributed by atoms with Gasteiger partial charge in [0.05, 0.1) is 6.04 Å². The van der Waals surface area contributed by atoms with Crippen LogP contribution in [-0.2, 0) is 0 Å². The van der Waals surface area contributed by atoms with Gasteiger partial charge in [0.1, 0.15) is 0 Å². The Morgan fingerprint density at radius 3 is 2.52 bits per heavy atom. The number of nitrogens with zero attached hydrogens (tertiary/aromatic N) is 1. The van der Waals surface area contributed by atoms with Gasteiger partial charge in [0.2, 0.25) is 0 Å². The van der Waals surface area contributed by atoms with Crippen LogP contribution in [0.2, 0.25) is 0 Å². The Morgan fingerprint density at radius 2 is 1.90 bits per heavy atom. The number of hydrogen-bond donors (Lipinski definition) is 2. The second-order valence-corrected chi connectivity index (χ2v) is 5.90. The minimum absolute atomic E-state index is 0.362. The highest BCUT2D eigenvalue weighted by Gasteiger charge is 2.29. The molecule has 2 N–H and O–H groups in total. The van der Waals surface area contributed by atoms with Gasteiger partial charge in [0, 0.05) is 32.1 Å². The van der Waals surface area contributed by atoms with Crippen LogP contribution in [0, 0.1) is 19.8 Å². The Morgan fingerprint density at radius 1 is 1.19 bits per heavy atom. The lowest BCUT2D eigenvalue weighted by molar-refractivity contribution is 0.268. The lowest BCUT2D eigenvalue weighted by atomic mass is 9.92. The molecule has 1 saturated heterocycles. The van der Waals surface area contributed by atoms with E-state index in [1.807, 2.05) is 12.2 Å². The van der Waals surface area contributed by atoms with Crippen molar-refractivity contribution >= 4 is 0 Å². The molecule has 0 radical (unpaired) electrons. The molecule has 1 heterocycles. The van der Waals surface area contributed by atoms with Crippen molar-refractivity contribution < 1.29 is 0 Å². The van der Waals surface area contributed by atoms with Crippen molar-refractivity contribution in [3.05, 3.63) is 60.2 Å². The maximum absolute atomic E-state index is 3.85. The second-order valence-electron chi connectivity index (χ2n) is 5.90. The zero-order valence-electron chi connectivity index (χ0n) is 13.2. The van der Waals surface area contributed by atoms with Crippen molar-refractivity contribution in [1.82, 2.24) is 15.8 Å². The molecule has 1 aliphatic heterocycles. The molecular formula is C18H27N3. The fourth-order valence-corrected chi connectivity index (χ4v) is 2.94. The van der Waals surface area contributed by atoms with E-state index in [0.717, 1.165) is 26.2 Å². The van der Waals surface area contributed by atoms with E-state index in [-0.39, 0.29) is 0 Å². The number of benzene rings is 1. The number of aryl methyl sites for hydroxylation is 2. The van der Waals surface area contributed by atoms with E-state index in [2.05, 4.69) is 61.0 Å². The highest BCUT2D eigenvalue weighted by molar-refractivity contribution is 5.32. The average Bonchev–Trinajstić information content (AvgIpc) is 2.90. The van der Waals surface area contributed by atoms with Crippen molar-refractivity contribution in [2.45, 2.75) is 19.9 Å². The fraction of sp³-hybridized carbons (Fsp3) is 0.444. The zero-order chi connectivity index (χ0) is 15.2. The molecule has 1 aromatic rings. The van der Waals surface area contributed by atoms with Crippen LogP contribution >= 0.6 is 0 Å². The van der Waals surface area contributed by atoms with Crippen LogP contribution in [-0.4, -0.2) is 31.1 Å². The molecule has 1 fully saturated rings. The maximum Gasteiger partial charge on any atom is 0.0515 e. The third-order valence-corrected chi connectivity index (χ3v) is 4.25. The van der Waals surface area contributed by atoms with Crippen LogP contribution in [0.15, 0.2) is 43.5 Å². The topological polar surface area (TPSA) is 27.3 Å². The van der Waals surface area contributed by atoms with Gasteiger partial charge in [-0.2, -0.15) is 0 Å². The Kier molecular flexibility index (Phi) is 5.74. The van der Waals surface area contributed by atoms with Crippen molar-refractivity contribution in [3.63, 3.8) is 0 Å². The van der Waals surface area contributed by atoms with Crippen LogP contribution in [0.3, 0.4) is 0 Å². The Labute approximate surface area is 128 Å². The Bertz CT molecular complexity index is 485. The third-order valence-electron chi connectivity index (χ3n) is 4.25. The highest BCUT2D eigenvalue weighted by atomic mass is 15.4. The van der Waals surface area contributed by atoms with E-state index < -0.39 is 0 Å². The van der Waals surface area contributed by atoms with E-state index in [1.165, 1.54) is 16.7 Å². The lowest BCUT2D eigenvalue weighted by Gasteiger charge is -2.26. The molecule has 114 valence electrons. The smallest absolute Gasteiger partial charge is 0.0515 e. The summed E-state index contributed by atoms with van der Waals surface area (Å²) in [4.78, 5) is 2.38. The van der Waals surface area contributed by atoms with Gasteiger partial charge in [-0.25, -0.2) is 5.43 Å². The lowest BCUT2D eigenvalue weighted by Crippen LogP contribution is -2.33. The number of nitrogens with one attached hydrogen (secondary N) is 2. The standard InChI is InChI=1S/C18H27N3/c1-5-9-21(10-6-2)13-17-12-19-20-18(17)16-8-7-14(3)15(4)11-16/h5-8,11,17-20H,1-2,9-10,12-13H2,3-4H3. The van der Waals surface area contributed by atoms with Gasteiger partial charge in [-0.15, -0.1) is 13.2 Å². The SMILES string of the molecule is C=CCN(CC=C)CC1CNNC1c1ccc(C)c(C)c1. The second kappa shape index (κ2) is 7.55. The first-order chi connectivity index (χ1) is 10.2. The molecule has 2 unspecified atom stereocenters. The first-order valence-electron chi connectivity index (χ1n) is 7.65. The molecule has 0 amide bonds. The highest BCUT2D eigenvalue weighted by Crippen LogP contribution is 2.27. The van der Waals surface area contributed by atoms with Crippen molar-refractivity contribution in [3.8, 4) is 0 Å². The molecule has 1 aromatic carbocycles. The summed E-state index contributed by atoms with van der Waals surface area (Å²) < 4.78 is 0. The summed E-state index contributed by atoms with van der Waals surface area (Å²) in [6.45, 7) is 15.9. The molecule has 0 saturated carbocycles. The summed E-state index contributed by atoms with van der Waals surface area (Å²) in [5.41, 5.74) is 10.8.